The normalized spacial score (nSPS) is 17.2. The molecular formula is C10H11NO2. The summed E-state index contributed by atoms with van der Waals surface area (Å²) in [5.74, 6) is 0.0760. The van der Waals surface area contributed by atoms with Crippen LogP contribution in [0.2, 0.25) is 0 Å². The molecule has 0 spiro atoms. The first-order valence-electron chi connectivity index (χ1n) is 4.33. The maximum Gasteiger partial charge on any atom is 0.161 e. The van der Waals surface area contributed by atoms with Gasteiger partial charge in [0.25, 0.3) is 0 Å². The molecule has 0 amide bonds. The molecule has 2 N–H and O–H groups in total. The number of allylic oxidation sites excluding steroid dienone is 1. The molecule has 0 fully saturated rings. The van der Waals surface area contributed by atoms with Gasteiger partial charge in [-0.3, -0.25) is 4.79 Å². The molecule has 0 bridgehead atoms. The van der Waals surface area contributed by atoms with Gasteiger partial charge in [-0.25, -0.2) is 0 Å². The summed E-state index contributed by atoms with van der Waals surface area (Å²) in [5, 5.41) is 9.01. The highest BCUT2D eigenvalue weighted by Crippen LogP contribution is 2.30. The first-order valence-corrected chi connectivity index (χ1v) is 4.33. The van der Waals surface area contributed by atoms with Crippen LogP contribution in [0.25, 0.3) is 5.57 Å². The van der Waals surface area contributed by atoms with Crippen LogP contribution >= 0.6 is 0 Å². The lowest BCUT2D eigenvalue weighted by Crippen LogP contribution is -2.00. The molecule has 1 aliphatic carbocycles. The summed E-state index contributed by atoms with van der Waals surface area (Å²) < 4.78 is 0. The van der Waals surface area contributed by atoms with Gasteiger partial charge in [0.1, 0.15) is 0 Å². The molecule has 1 heterocycles. The van der Waals surface area contributed by atoms with Gasteiger partial charge in [0.05, 0.1) is 6.61 Å². The van der Waals surface area contributed by atoms with Gasteiger partial charge in [-0.2, -0.15) is 0 Å². The van der Waals surface area contributed by atoms with Crippen molar-refractivity contribution in [3.05, 3.63) is 29.6 Å². The maximum absolute atomic E-state index is 11.3. The van der Waals surface area contributed by atoms with Gasteiger partial charge in [0, 0.05) is 23.9 Å². The Kier molecular flexibility index (Phi) is 2.02. The Morgan fingerprint density at radius 2 is 2.31 bits per heavy atom. The van der Waals surface area contributed by atoms with Gasteiger partial charge >= 0.3 is 0 Å². The minimum atomic E-state index is -0.146. The van der Waals surface area contributed by atoms with Gasteiger partial charge in [-0.05, 0) is 24.1 Å². The van der Waals surface area contributed by atoms with Crippen molar-refractivity contribution in [3.63, 3.8) is 0 Å². The SMILES string of the molecule is O=C1CCC(c2ccc[nH]2)=C1CO. The van der Waals surface area contributed by atoms with Crippen molar-refractivity contribution < 1.29 is 9.90 Å². The zero-order valence-electron chi connectivity index (χ0n) is 7.21. The van der Waals surface area contributed by atoms with Gasteiger partial charge in [-0.15, -0.1) is 0 Å². The van der Waals surface area contributed by atoms with Crippen LogP contribution in [-0.2, 0) is 4.79 Å². The third-order valence-corrected chi connectivity index (χ3v) is 2.38. The molecule has 68 valence electrons. The van der Waals surface area contributed by atoms with E-state index >= 15 is 0 Å². The van der Waals surface area contributed by atoms with Crippen molar-refractivity contribution in [1.82, 2.24) is 4.98 Å². The van der Waals surface area contributed by atoms with Crippen LogP contribution in [0.4, 0.5) is 0 Å². The third kappa shape index (κ3) is 1.31. The molecule has 0 unspecified atom stereocenters. The highest BCUT2D eigenvalue weighted by Gasteiger charge is 2.23. The van der Waals surface area contributed by atoms with Gasteiger partial charge < -0.3 is 10.1 Å². The number of aliphatic hydroxyl groups is 1. The summed E-state index contributed by atoms with van der Waals surface area (Å²) in [6, 6.07) is 3.81. The summed E-state index contributed by atoms with van der Waals surface area (Å²) >= 11 is 0. The summed E-state index contributed by atoms with van der Waals surface area (Å²) in [6.45, 7) is -0.146. The number of Topliss-reactive ketones (excluding diaryl/α,β-unsaturated/α-hetero) is 1. The second kappa shape index (κ2) is 3.18. The molecule has 13 heavy (non-hydrogen) atoms. The molecule has 1 aromatic rings. The lowest BCUT2D eigenvalue weighted by molar-refractivity contribution is -0.115. The van der Waals surface area contributed by atoms with Crippen molar-refractivity contribution in [3.8, 4) is 0 Å². The summed E-state index contributed by atoms with van der Waals surface area (Å²) in [7, 11) is 0. The van der Waals surface area contributed by atoms with Crippen LogP contribution in [-0.4, -0.2) is 22.5 Å². The van der Waals surface area contributed by atoms with E-state index in [0.717, 1.165) is 17.7 Å². The fraction of sp³-hybridized carbons (Fsp3) is 0.300. The quantitative estimate of drug-likeness (QED) is 0.711. The van der Waals surface area contributed by atoms with E-state index in [2.05, 4.69) is 4.98 Å². The molecule has 3 nitrogen and oxygen atoms in total. The van der Waals surface area contributed by atoms with Crippen LogP contribution in [0.5, 0.6) is 0 Å². The number of hydrogen-bond donors (Lipinski definition) is 2. The maximum atomic E-state index is 11.3. The van der Waals surface area contributed by atoms with Gasteiger partial charge in [0.2, 0.25) is 0 Å². The van der Waals surface area contributed by atoms with E-state index in [-0.39, 0.29) is 12.4 Å². The second-order valence-electron chi connectivity index (χ2n) is 3.12. The number of carbonyl (C=O) groups excluding carboxylic acids is 1. The number of H-pyrrole nitrogens is 1. The highest BCUT2D eigenvalue weighted by molar-refractivity contribution is 6.06. The van der Waals surface area contributed by atoms with E-state index < -0.39 is 0 Å². The van der Waals surface area contributed by atoms with Gasteiger partial charge in [-0.1, -0.05) is 0 Å². The third-order valence-electron chi connectivity index (χ3n) is 2.38. The minimum absolute atomic E-state index is 0.0760. The fourth-order valence-corrected chi connectivity index (χ4v) is 1.71. The number of aromatic nitrogens is 1. The van der Waals surface area contributed by atoms with Crippen LogP contribution in [0, 0.1) is 0 Å². The first kappa shape index (κ1) is 8.26. The predicted molar refractivity (Wildman–Crippen MR) is 49.0 cm³/mol. The Labute approximate surface area is 76.1 Å². The first-order chi connectivity index (χ1) is 6.33. The molecule has 1 aromatic heterocycles. The smallest absolute Gasteiger partial charge is 0.161 e. The van der Waals surface area contributed by atoms with E-state index in [9.17, 15) is 4.79 Å². The molecule has 0 atom stereocenters. The van der Waals surface area contributed by atoms with Crippen molar-refractivity contribution in [2.24, 2.45) is 0 Å². The van der Waals surface area contributed by atoms with Crippen LogP contribution < -0.4 is 0 Å². The van der Waals surface area contributed by atoms with E-state index in [1.54, 1.807) is 0 Å². The van der Waals surface area contributed by atoms with Gasteiger partial charge in [0.15, 0.2) is 5.78 Å². The number of nitrogens with one attached hydrogen (secondary N) is 1. The minimum Gasteiger partial charge on any atom is -0.392 e. The van der Waals surface area contributed by atoms with E-state index in [1.165, 1.54) is 0 Å². The number of aliphatic hydroxyl groups excluding tert-OH is 1. The molecular weight excluding hydrogens is 166 g/mol. The summed E-state index contributed by atoms with van der Waals surface area (Å²) in [4.78, 5) is 14.3. The highest BCUT2D eigenvalue weighted by atomic mass is 16.3. The van der Waals surface area contributed by atoms with E-state index in [4.69, 9.17) is 5.11 Å². The molecule has 0 saturated heterocycles. The number of carbonyl (C=O) groups is 1. The van der Waals surface area contributed by atoms with Crippen LogP contribution in [0.15, 0.2) is 23.9 Å². The average Bonchev–Trinajstić information content (AvgIpc) is 2.71. The number of rotatable bonds is 2. The van der Waals surface area contributed by atoms with Crippen molar-refractivity contribution >= 4 is 11.4 Å². The second-order valence-corrected chi connectivity index (χ2v) is 3.12. The molecule has 0 aliphatic heterocycles. The molecule has 2 rings (SSSR count). The van der Waals surface area contributed by atoms with Crippen molar-refractivity contribution in [1.29, 1.82) is 0 Å². The Morgan fingerprint density at radius 1 is 1.46 bits per heavy atom. The predicted octanol–water partition coefficient (Wildman–Crippen LogP) is 1.12. The largest absolute Gasteiger partial charge is 0.392 e. The Balaban J connectivity index is 2.42. The van der Waals surface area contributed by atoms with E-state index in [0.29, 0.717) is 12.0 Å². The average molecular weight is 177 g/mol. The Bertz CT molecular complexity index is 349. The fourth-order valence-electron chi connectivity index (χ4n) is 1.71. The number of ketones is 1. The van der Waals surface area contributed by atoms with Crippen LogP contribution in [0.1, 0.15) is 18.5 Å². The van der Waals surface area contributed by atoms with E-state index in [1.807, 2.05) is 18.3 Å². The Hall–Kier alpha value is -1.35. The zero-order valence-corrected chi connectivity index (χ0v) is 7.21. The topological polar surface area (TPSA) is 53.1 Å². The molecule has 3 heteroatoms. The molecule has 0 saturated carbocycles. The molecule has 0 aromatic carbocycles. The summed E-state index contributed by atoms with van der Waals surface area (Å²) in [6.07, 6.45) is 3.10. The lowest BCUT2D eigenvalue weighted by Gasteiger charge is -2.00. The standard InChI is InChI=1S/C10H11NO2/c12-6-8-7(3-4-10(8)13)9-2-1-5-11-9/h1-2,5,11-12H,3-4,6H2. The number of hydrogen-bond acceptors (Lipinski definition) is 2. The zero-order chi connectivity index (χ0) is 9.26. The monoisotopic (exact) mass is 177 g/mol. The van der Waals surface area contributed by atoms with Crippen molar-refractivity contribution in [2.45, 2.75) is 12.8 Å². The molecule has 1 aliphatic rings. The summed E-state index contributed by atoms with van der Waals surface area (Å²) in [5.41, 5.74) is 2.50. The van der Waals surface area contributed by atoms with Crippen LogP contribution in [0.3, 0.4) is 0 Å². The molecule has 0 radical (unpaired) electrons. The number of aromatic amines is 1. The lowest BCUT2D eigenvalue weighted by atomic mass is 10.1. The Morgan fingerprint density at radius 3 is 2.92 bits per heavy atom. The van der Waals surface area contributed by atoms with Crippen molar-refractivity contribution in [2.75, 3.05) is 6.61 Å².